The first kappa shape index (κ1) is 29.0. The molecule has 0 radical (unpaired) electrons. The van der Waals surface area contributed by atoms with Gasteiger partial charge in [0.1, 0.15) is 6.54 Å². The molecule has 1 aromatic carbocycles. The Morgan fingerprint density at radius 3 is 2.30 bits per heavy atom. The van der Waals surface area contributed by atoms with Crippen molar-refractivity contribution in [3.05, 3.63) is 51.3 Å². The Kier molecular flexibility index (Phi) is 11.2. The van der Waals surface area contributed by atoms with E-state index < -0.39 is 6.09 Å². The van der Waals surface area contributed by atoms with Crippen molar-refractivity contribution in [1.82, 2.24) is 20.8 Å². The van der Waals surface area contributed by atoms with Crippen molar-refractivity contribution in [2.75, 3.05) is 33.8 Å². The molecule has 2 amide bonds. The van der Waals surface area contributed by atoms with Crippen molar-refractivity contribution in [3.63, 3.8) is 0 Å². The van der Waals surface area contributed by atoms with Crippen molar-refractivity contribution in [2.24, 2.45) is 0 Å². The van der Waals surface area contributed by atoms with Crippen molar-refractivity contribution in [2.45, 2.75) is 33.1 Å². The molecular weight excluding hydrogens is 576 g/mol. The monoisotopic (exact) mass is 608 g/mol. The first-order valence-electron chi connectivity index (χ1n) is 12.1. The molecular formula is C26H33BrN4O4S2. The van der Waals surface area contributed by atoms with Crippen LogP contribution in [0.1, 0.15) is 38.7 Å². The molecule has 0 bridgehead atoms. The molecule has 0 spiro atoms. The lowest BCUT2D eigenvalue weighted by atomic mass is 10.1. The Balaban J connectivity index is 0.000000205. The number of fused-ring (bicyclic) bond motifs is 1. The van der Waals surface area contributed by atoms with E-state index in [1.54, 1.807) is 32.6 Å². The molecule has 2 aliphatic rings. The van der Waals surface area contributed by atoms with Crippen molar-refractivity contribution in [3.8, 4) is 11.1 Å². The standard InChI is InChI=1S/C15H11BrN2OS2.C8H14N2O3.C3H8/c1-18-6-13(17-19-18)10-4-2-9(3-5-10)11-7-20-15-12(16)8-21-14(11)15;1-13-8(12)9-6-7(11)10-4-2-3-5-10;1-3-2/h2-8,17H,1H3;2-6H2,1H3,(H,9,12);3H2,1-2H3. The van der Waals surface area contributed by atoms with E-state index >= 15 is 0 Å². The number of hydroxylamine groups is 3. The number of carbonyl (C=O) groups excluding carboxylic acids is 2. The van der Waals surface area contributed by atoms with Crippen molar-refractivity contribution in [1.29, 1.82) is 0 Å². The smallest absolute Gasteiger partial charge is 0.407 e. The van der Waals surface area contributed by atoms with Crippen LogP contribution in [0.2, 0.25) is 0 Å². The van der Waals surface area contributed by atoms with E-state index in [2.05, 4.69) is 80.3 Å². The van der Waals surface area contributed by atoms with Gasteiger partial charge in [-0.25, -0.2) is 15.3 Å². The second-order valence-electron chi connectivity index (χ2n) is 8.39. The number of alkyl carbamates (subject to hydrolysis) is 1. The molecule has 2 aliphatic heterocycles. The van der Waals surface area contributed by atoms with Gasteiger partial charge in [0.25, 0.3) is 0 Å². The molecule has 2 N–H and O–H groups in total. The molecule has 5 rings (SSSR count). The minimum Gasteiger partial charge on any atom is -0.453 e. The van der Waals surface area contributed by atoms with Gasteiger partial charge in [-0.1, -0.05) is 44.5 Å². The number of methoxy groups -OCH3 is 1. The number of thiophene rings is 2. The SMILES string of the molecule is CCC.CN1C=C(c2ccc(-c3csc4c(Br)csc34)cc2)NO1.COC(=O)NCC(=O)N1CCCC1. The highest BCUT2D eigenvalue weighted by Gasteiger charge is 2.18. The molecule has 8 nitrogen and oxygen atoms in total. The fraction of sp³-hybridized carbons (Fsp3) is 0.385. The number of ether oxygens (including phenoxy) is 1. The number of hydrogen-bond acceptors (Lipinski definition) is 8. The van der Waals surface area contributed by atoms with Crippen LogP contribution < -0.4 is 10.8 Å². The Morgan fingerprint density at radius 1 is 1.08 bits per heavy atom. The highest BCUT2D eigenvalue weighted by Crippen LogP contribution is 2.42. The van der Waals surface area contributed by atoms with Gasteiger partial charge in [0.05, 0.1) is 28.4 Å². The number of halogens is 1. The quantitative estimate of drug-likeness (QED) is 0.354. The number of nitrogens with zero attached hydrogens (tertiary/aromatic N) is 2. The van der Waals surface area contributed by atoms with Gasteiger partial charge in [0, 0.05) is 46.5 Å². The van der Waals surface area contributed by atoms with Gasteiger partial charge in [-0.05, 0) is 34.3 Å². The molecule has 0 atom stereocenters. The van der Waals surface area contributed by atoms with E-state index in [-0.39, 0.29) is 12.5 Å². The highest BCUT2D eigenvalue weighted by atomic mass is 79.9. The number of hydrogen-bond donors (Lipinski definition) is 2. The molecule has 0 unspecified atom stereocenters. The predicted molar refractivity (Wildman–Crippen MR) is 155 cm³/mol. The average Bonchev–Trinajstić information content (AvgIpc) is 3.71. The zero-order chi connectivity index (χ0) is 26.8. The summed E-state index contributed by atoms with van der Waals surface area (Å²) < 4.78 is 8.21. The van der Waals surface area contributed by atoms with Crippen LogP contribution >= 0.6 is 38.6 Å². The second-order valence-corrected chi connectivity index (χ2v) is 11.0. The molecule has 4 heterocycles. The molecule has 2 aromatic heterocycles. The van der Waals surface area contributed by atoms with E-state index in [0.717, 1.165) is 37.2 Å². The van der Waals surface area contributed by atoms with Crippen LogP contribution in [0.15, 0.2) is 45.7 Å². The summed E-state index contributed by atoms with van der Waals surface area (Å²) in [5, 5.41) is 8.38. The van der Waals surface area contributed by atoms with Gasteiger partial charge in [-0.3, -0.25) is 4.79 Å². The number of benzene rings is 1. The Morgan fingerprint density at radius 2 is 1.70 bits per heavy atom. The lowest BCUT2D eigenvalue weighted by Crippen LogP contribution is -2.38. The van der Waals surface area contributed by atoms with Crippen LogP contribution in [0, 0.1) is 0 Å². The van der Waals surface area contributed by atoms with Crippen LogP contribution in [-0.2, 0) is 14.5 Å². The van der Waals surface area contributed by atoms with Gasteiger partial charge >= 0.3 is 6.09 Å². The van der Waals surface area contributed by atoms with Crippen LogP contribution in [0.4, 0.5) is 4.79 Å². The van der Waals surface area contributed by atoms with Gasteiger partial charge in [0.15, 0.2) is 0 Å². The van der Waals surface area contributed by atoms with Crippen molar-refractivity contribution < 1.29 is 19.3 Å². The van der Waals surface area contributed by atoms with E-state index in [0.29, 0.717) is 0 Å². The summed E-state index contributed by atoms with van der Waals surface area (Å²) >= 11 is 7.17. The average molecular weight is 610 g/mol. The maximum atomic E-state index is 11.3. The summed E-state index contributed by atoms with van der Waals surface area (Å²) in [5.41, 5.74) is 7.53. The number of rotatable bonds is 4. The molecule has 11 heteroatoms. The summed E-state index contributed by atoms with van der Waals surface area (Å²) in [4.78, 5) is 28.9. The summed E-state index contributed by atoms with van der Waals surface area (Å²) in [5.74, 6) is -0.0390. The predicted octanol–water partition coefficient (Wildman–Crippen LogP) is 6.45. The fourth-order valence-electron chi connectivity index (χ4n) is 3.61. The maximum Gasteiger partial charge on any atom is 0.407 e. The Labute approximate surface area is 234 Å². The lowest BCUT2D eigenvalue weighted by molar-refractivity contribution is -0.129. The van der Waals surface area contributed by atoms with E-state index in [1.807, 2.05) is 13.2 Å². The van der Waals surface area contributed by atoms with Gasteiger partial charge in [0.2, 0.25) is 5.91 Å². The molecule has 37 heavy (non-hydrogen) atoms. The third-order valence-corrected chi connectivity index (χ3v) is 8.73. The van der Waals surface area contributed by atoms with Crippen LogP contribution in [0.3, 0.4) is 0 Å². The van der Waals surface area contributed by atoms with Gasteiger partial charge in [-0.15, -0.1) is 22.7 Å². The molecule has 0 aliphatic carbocycles. The second kappa shape index (κ2) is 14.4. The summed E-state index contributed by atoms with van der Waals surface area (Å²) in [6.07, 6.45) is 4.73. The Hall–Kier alpha value is -2.60. The fourth-order valence-corrected chi connectivity index (χ4v) is 6.68. The number of amides is 2. The van der Waals surface area contributed by atoms with Crippen LogP contribution in [0.25, 0.3) is 26.2 Å². The molecule has 1 saturated heterocycles. The number of carbonyl (C=O) groups is 2. The minimum atomic E-state index is -0.562. The first-order valence-corrected chi connectivity index (χ1v) is 14.6. The summed E-state index contributed by atoms with van der Waals surface area (Å²) in [6.45, 7) is 5.90. The van der Waals surface area contributed by atoms with Gasteiger partial charge in [-0.2, -0.15) is 4.94 Å². The van der Waals surface area contributed by atoms with Crippen LogP contribution in [0.5, 0.6) is 0 Å². The molecule has 200 valence electrons. The largest absolute Gasteiger partial charge is 0.453 e. The summed E-state index contributed by atoms with van der Waals surface area (Å²) in [6, 6.07) is 8.54. The lowest BCUT2D eigenvalue weighted by Gasteiger charge is -2.14. The van der Waals surface area contributed by atoms with E-state index in [9.17, 15) is 9.59 Å². The van der Waals surface area contributed by atoms with E-state index in [4.69, 9.17) is 4.94 Å². The van der Waals surface area contributed by atoms with E-state index in [1.165, 1.54) is 38.5 Å². The third-order valence-electron chi connectivity index (χ3n) is 5.39. The highest BCUT2D eigenvalue weighted by molar-refractivity contribution is 9.10. The molecule has 3 aromatic rings. The first-order chi connectivity index (χ1) is 17.9. The normalized spacial score (nSPS) is 14.2. The number of likely N-dealkylation sites (tertiary alicyclic amines) is 1. The zero-order valence-electron chi connectivity index (χ0n) is 21.5. The Bertz CT molecular complexity index is 1200. The van der Waals surface area contributed by atoms with Crippen molar-refractivity contribution >= 4 is 65.7 Å². The third kappa shape index (κ3) is 7.94. The summed E-state index contributed by atoms with van der Waals surface area (Å²) in [7, 11) is 3.13. The number of nitrogens with one attached hydrogen (secondary N) is 2. The minimum absolute atomic E-state index is 0.0344. The van der Waals surface area contributed by atoms with Crippen LogP contribution in [-0.4, -0.2) is 55.8 Å². The topological polar surface area (TPSA) is 83.1 Å². The van der Waals surface area contributed by atoms with Gasteiger partial charge < -0.3 is 15.0 Å². The maximum absolute atomic E-state index is 11.3. The zero-order valence-corrected chi connectivity index (χ0v) is 24.7. The molecule has 0 saturated carbocycles. The molecule has 1 fully saturated rings.